The number of methoxy groups -OCH3 is 1. The van der Waals surface area contributed by atoms with Crippen molar-refractivity contribution in [3.8, 4) is 6.07 Å². The Morgan fingerprint density at radius 3 is 2.53 bits per heavy atom. The number of alkyl halides is 3. The van der Waals surface area contributed by atoms with E-state index in [0.29, 0.717) is 57.9 Å². The predicted octanol–water partition coefficient (Wildman–Crippen LogP) is 3.04. The van der Waals surface area contributed by atoms with Crippen molar-refractivity contribution in [2.24, 2.45) is 17.8 Å². The number of nitrogens with one attached hydrogen (secondary N) is 1. The number of benzene rings is 1. The summed E-state index contributed by atoms with van der Waals surface area (Å²) in [5.74, 6) is -0.196. The van der Waals surface area contributed by atoms with E-state index < -0.39 is 11.7 Å². The molecule has 1 aromatic rings. The summed E-state index contributed by atoms with van der Waals surface area (Å²) in [6, 6.07) is 5.43. The SMILES string of the molecule is CCNC(=O)[C@@H]1CN(C(=O)CCOC)C[C@H]1C1CCN(c2ccc(C#N)c(C(F)(F)F)c2)CC1. The molecular weight excluding hydrogens is 449 g/mol. The molecule has 7 nitrogen and oxygen atoms in total. The van der Waals surface area contributed by atoms with E-state index in [4.69, 9.17) is 10.00 Å². The first kappa shape index (κ1) is 25.8. The Kier molecular flexibility index (Phi) is 8.42. The average Bonchev–Trinajstić information content (AvgIpc) is 3.27. The minimum Gasteiger partial charge on any atom is -0.384 e. The normalized spacial score (nSPS) is 21.4. The quantitative estimate of drug-likeness (QED) is 0.649. The molecule has 0 aromatic heterocycles. The van der Waals surface area contributed by atoms with Gasteiger partial charge in [-0.3, -0.25) is 9.59 Å². The van der Waals surface area contributed by atoms with Crippen molar-refractivity contribution < 1.29 is 27.5 Å². The highest BCUT2D eigenvalue weighted by Crippen LogP contribution is 2.39. The Labute approximate surface area is 197 Å². The van der Waals surface area contributed by atoms with Crippen molar-refractivity contribution in [1.29, 1.82) is 5.26 Å². The first-order chi connectivity index (χ1) is 16.2. The molecule has 2 amide bonds. The fourth-order valence-corrected chi connectivity index (χ4v) is 5.09. The van der Waals surface area contributed by atoms with Crippen LogP contribution in [0.15, 0.2) is 18.2 Å². The van der Waals surface area contributed by atoms with E-state index in [1.807, 2.05) is 11.8 Å². The Balaban J connectivity index is 1.70. The molecule has 3 rings (SSSR count). The highest BCUT2D eigenvalue weighted by molar-refractivity contribution is 5.82. The van der Waals surface area contributed by atoms with E-state index in [2.05, 4.69) is 5.32 Å². The molecule has 0 aliphatic carbocycles. The summed E-state index contributed by atoms with van der Waals surface area (Å²) >= 11 is 0. The van der Waals surface area contributed by atoms with Gasteiger partial charge >= 0.3 is 6.18 Å². The smallest absolute Gasteiger partial charge is 0.384 e. The number of nitriles is 1. The monoisotopic (exact) mass is 480 g/mol. The number of halogens is 3. The van der Waals surface area contributed by atoms with Gasteiger partial charge in [0, 0.05) is 45.5 Å². The second kappa shape index (κ2) is 11.1. The third-order valence-corrected chi connectivity index (χ3v) is 6.86. The summed E-state index contributed by atoms with van der Waals surface area (Å²) in [7, 11) is 1.54. The molecule has 0 radical (unpaired) electrons. The molecule has 10 heteroatoms. The number of ether oxygens (including phenoxy) is 1. The lowest BCUT2D eigenvalue weighted by Gasteiger charge is -2.37. The van der Waals surface area contributed by atoms with E-state index >= 15 is 0 Å². The number of anilines is 1. The van der Waals surface area contributed by atoms with Crippen molar-refractivity contribution in [2.45, 2.75) is 32.4 Å². The highest BCUT2D eigenvalue weighted by Gasteiger charge is 2.44. The minimum absolute atomic E-state index is 0.00639. The van der Waals surface area contributed by atoms with E-state index in [0.717, 1.165) is 6.07 Å². The van der Waals surface area contributed by atoms with Crippen LogP contribution in [0, 0.1) is 29.1 Å². The zero-order valence-corrected chi connectivity index (χ0v) is 19.5. The molecule has 2 fully saturated rings. The number of carbonyl (C=O) groups is 2. The second-order valence-electron chi connectivity index (χ2n) is 8.87. The second-order valence-corrected chi connectivity index (χ2v) is 8.87. The molecule has 34 heavy (non-hydrogen) atoms. The fourth-order valence-electron chi connectivity index (χ4n) is 5.09. The van der Waals surface area contributed by atoms with Crippen LogP contribution in [-0.4, -0.2) is 63.2 Å². The summed E-state index contributed by atoms with van der Waals surface area (Å²) < 4.78 is 45.1. The largest absolute Gasteiger partial charge is 0.417 e. The predicted molar refractivity (Wildman–Crippen MR) is 120 cm³/mol. The lowest BCUT2D eigenvalue weighted by atomic mass is 9.78. The molecule has 0 saturated carbocycles. The van der Waals surface area contributed by atoms with Crippen LogP contribution in [0.4, 0.5) is 18.9 Å². The number of nitrogens with zero attached hydrogens (tertiary/aromatic N) is 3. The molecule has 2 heterocycles. The highest BCUT2D eigenvalue weighted by atomic mass is 19.4. The third-order valence-electron chi connectivity index (χ3n) is 6.86. The summed E-state index contributed by atoms with van der Waals surface area (Å²) in [6.45, 7) is 4.67. The van der Waals surface area contributed by atoms with Gasteiger partial charge in [-0.15, -0.1) is 0 Å². The first-order valence-electron chi connectivity index (χ1n) is 11.6. The average molecular weight is 481 g/mol. The van der Waals surface area contributed by atoms with E-state index in [9.17, 15) is 22.8 Å². The van der Waals surface area contributed by atoms with Crippen LogP contribution >= 0.6 is 0 Å². The lowest BCUT2D eigenvalue weighted by Crippen LogP contribution is -2.41. The molecule has 186 valence electrons. The van der Waals surface area contributed by atoms with Gasteiger partial charge in [0.25, 0.3) is 0 Å². The van der Waals surface area contributed by atoms with Crippen LogP contribution in [0.25, 0.3) is 0 Å². The summed E-state index contributed by atoms with van der Waals surface area (Å²) in [4.78, 5) is 28.9. The van der Waals surface area contributed by atoms with Crippen molar-refractivity contribution in [3.05, 3.63) is 29.3 Å². The van der Waals surface area contributed by atoms with Gasteiger partial charge in [0.15, 0.2) is 0 Å². The van der Waals surface area contributed by atoms with Gasteiger partial charge in [-0.05, 0) is 49.8 Å². The maximum absolute atomic E-state index is 13.4. The molecule has 2 aliphatic heterocycles. The first-order valence-corrected chi connectivity index (χ1v) is 11.6. The van der Waals surface area contributed by atoms with Gasteiger partial charge in [-0.1, -0.05) is 0 Å². The van der Waals surface area contributed by atoms with Gasteiger partial charge in [0.1, 0.15) is 0 Å². The summed E-state index contributed by atoms with van der Waals surface area (Å²) in [6.07, 6.45) is -2.91. The van der Waals surface area contributed by atoms with Crippen LogP contribution in [0.3, 0.4) is 0 Å². The molecule has 1 aromatic carbocycles. The topological polar surface area (TPSA) is 85.7 Å². The van der Waals surface area contributed by atoms with Crippen molar-refractivity contribution >= 4 is 17.5 Å². The molecule has 2 atom stereocenters. The van der Waals surface area contributed by atoms with Crippen LogP contribution in [-0.2, 0) is 20.5 Å². The lowest BCUT2D eigenvalue weighted by molar-refractivity contribution is -0.137. The van der Waals surface area contributed by atoms with Gasteiger partial charge in [-0.25, -0.2) is 0 Å². The van der Waals surface area contributed by atoms with Crippen molar-refractivity contribution in [3.63, 3.8) is 0 Å². The van der Waals surface area contributed by atoms with Crippen LogP contribution < -0.4 is 10.2 Å². The van der Waals surface area contributed by atoms with Crippen molar-refractivity contribution in [1.82, 2.24) is 10.2 Å². The zero-order chi connectivity index (χ0) is 24.9. The zero-order valence-electron chi connectivity index (χ0n) is 19.5. The standard InChI is InChI=1S/C24H31F3N4O3/c1-3-29-23(33)20-15-31(22(32)8-11-34-2)14-19(20)16-6-9-30(10-7-16)18-5-4-17(13-28)21(12-18)24(25,26)27/h4-5,12,16,19-20H,3,6-11,14-15H2,1-2H3,(H,29,33)/t19-,20+/m0/s1. The van der Waals surface area contributed by atoms with E-state index in [1.54, 1.807) is 17.0 Å². The molecule has 1 N–H and O–H groups in total. The molecule has 0 spiro atoms. The number of rotatable bonds is 7. The summed E-state index contributed by atoms with van der Waals surface area (Å²) in [5.41, 5.74) is -0.875. The van der Waals surface area contributed by atoms with Gasteiger partial charge in [-0.2, -0.15) is 18.4 Å². The van der Waals surface area contributed by atoms with Gasteiger partial charge in [0.2, 0.25) is 11.8 Å². The van der Waals surface area contributed by atoms with Gasteiger partial charge < -0.3 is 19.9 Å². The third kappa shape index (κ3) is 5.81. The maximum Gasteiger partial charge on any atom is 0.417 e. The minimum atomic E-state index is -4.60. The molecule has 2 aliphatic rings. The summed E-state index contributed by atoms with van der Waals surface area (Å²) in [5, 5.41) is 11.9. The molecule has 0 unspecified atom stereocenters. The van der Waals surface area contributed by atoms with E-state index in [-0.39, 0.29) is 41.6 Å². The molecular formula is C24H31F3N4O3. The Morgan fingerprint density at radius 1 is 1.24 bits per heavy atom. The number of amides is 2. The Hall–Kier alpha value is -2.80. The Bertz CT molecular complexity index is 923. The van der Waals surface area contributed by atoms with Crippen molar-refractivity contribution in [2.75, 3.05) is 51.3 Å². The number of likely N-dealkylation sites (tertiary alicyclic amines) is 1. The number of hydrogen-bond donors (Lipinski definition) is 1. The molecule has 2 saturated heterocycles. The van der Waals surface area contributed by atoms with Crippen LogP contribution in [0.1, 0.15) is 37.3 Å². The fraction of sp³-hybridized carbons (Fsp3) is 0.625. The van der Waals surface area contributed by atoms with E-state index in [1.165, 1.54) is 13.2 Å². The molecule has 0 bridgehead atoms. The maximum atomic E-state index is 13.4. The van der Waals surface area contributed by atoms with Gasteiger partial charge in [0.05, 0.1) is 36.1 Å². The number of piperidine rings is 1. The number of hydrogen-bond acceptors (Lipinski definition) is 5. The number of carbonyl (C=O) groups excluding carboxylic acids is 2. The van der Waals surface area contributed by atoms with Crippen LogP contribution in [0.5, 0.6) is 0 Å². The van der Waals surface area contributed by atoms with Crippen LogP contribution in [0.2, 0.25) is 0 Å². The Morgan fingerprint density at radius 2 is 1.94 bits per heavy atom.